The van der Waals surface area contributed by atoms with Crippen LogP contribution in [0.25, 0.3) is 0 Å². The molecule has 0 heterocycles. The Hall–Kier alpha value is -2.27. The van der Waals surface area contributed by atoms with Gasteiger partial charge in [-0.15, -0.1) is 0 Å². The topological polar surface area (TPSA) is 80.7 Å². The summed E-state index contributed by atoms with van der Waals surface area (Å²) in [6, 6.07) is 0. The molecule has 0 aromatic rings. The fraction of sp³-hybridized carbons (Fsp3) is 0.560. The van der Waals surface area contributed by atoms with Crippen molar-refractivity contribution in [1.29, 1.82) is 0 Å². The maximum Gasteiger partial charge on any atom is 0.303 e. The summed E-state index contributed by atoms with van der Waals surface area (Å²) in [5, 5.41) is 11.5. The van der Waals surface area contributed by atoms with Gasteiger partial charge in [0.2, 0.25) is 5.60 Å². The van der Waals surface area contributed by atoms with Crippen LogP contribution in [0.5, 0.6) is 0 Å². The third-order valence-electron chi connectivity index (χ3n) is 8.45. The number of esters is 1. The van der Waals surface area contributed by atoms with Gasteiger partial charge >= 0.3 is 5.97 Å². The molecule has 1 N–H and O–H groups in total. The van der Waals surface area contributed by atoms with E-state index >= 15 is 0 Å². The molecule has 4 aliphatic carbocycles. The standard InChI is InChI=1S/C25H30O5/c1-13-14(2)25(15(3)26,30-16(4)27)24(6)12-20(29)22-19(21(13)24)8-7-17-11-18(28)9-10-23(17,22)5/h9-11,19-22,29H,1-2,7-8,12H2,3-6H3/t19-,20?,21-,22+,23-,24-,25-/m0/s1. The number of aliphatic hydroxyl groups is 1. The van der Waals surface area contributed by atoms with Gasteiger partial charge in [0, 0.05) is 23.7 Å². The quantitative estimate of drug-likeness (QED) is 0.705. The van der Waals surface area contributed by atoms with Crippen molar-refractivity contribution in [2.24, 2.45) is 28.6 Å². The number of Topliss-reactive ketones (excluding diaryl/α,β-unsaturated/α-hetero) is 1. The molecular formula is C25H30O5. The van der Waals surface area contributed by atoms with Gasteiger partial charge in [-0.1, -0.05) is 38.7 Å². The molecule has 7 atom stereocenters. The molecular weight excluding hydrogens is 380 g/mol. The van der Waals surface area contributed by atoms with Gasteiger partial charge in [0.15, 0.2) is 11.6 Å². The van der Waals surface area contributed by atoms with E-state index in [0.717, 1.165) is 24.0 Å². The lowest BCUT2D eigenvalue weighted by Crippen LogP contribution is -2.62. The van der Waals surface area contributed by atoms with Gasteiger partial charge in [-0.05, 0) is 61.3 Å². The Morgan fingerprint density at radius 2 is 1.90 bits per heavy atom. The van der Waals surface area contributed by atoms with Crippen molar-refractivity contribution in [3.8, 4) is 0 Å². The van der Waals surface area contributed by atoms with Gasteiger partial charge in [-0.2, -0.15) is 0 Å². The largest absolute Gasteiger partial charge is 0.446 e. The molecule has 0 amide bonds. The highest BCUT2D eigenvalue weighted by Crippen LogP contribution is 2.70. The monoisotopic (exact) mass is 410 g/mol. The Kier molecular flexibility index (Phi) is 4.45. The molecule has 4 aliphatic rings. The first-order chi connectivity index (χ1) is 13.9. The minimum Gasteiger partial charge on any atom is -0.446 e. The Labute approximate surface area is 177 Å². The van der Waals surface area contributed by atoms with E-state index in [1.807, 2.05) is 13.0 Å². The van der Waals surface area contributed by atoms with Gasteiger partial charge < -0.3 is 9.84 Å². The molecule has 1 unspecified atom stereocenters. The van der Waals surface area contributed by atoms with Crippen LogP contribution in [-0.4, -0.2) is 34.3 Å². The number of ketones is 2. The number of carbonyl (C=O) groups is 3. The van der Waals surface area contributed by atoms with Crippen molar-refractivity contribution < 1.29 is 24.2 Å². The van der Waals surface area contributed by atoms with Crippen LogP contribution in [0.1, 0.15) is 47.0 Å². The van der Waals surface area contributed by atoms with Crippen molar-refractivity contribution in [2.45, 2.75) is 58.7 Å². The minimum absolute atomic E-state index is 0.0137. The van der Waals surface area contributed by atoms with Crippen molar-refractivity contribution in [2.75, 3.05) is 0 Å². The number of allylic oxidation sites excluding steroid dienone is 4. The predicted octanol–water partition coefficient (Wildman–Crippen LogP) is 3.49. The normalized spacial score (nSPS) is 44.7. The summed E-state index contributed by atoms with van der Waals surface area (Å²) < 4.78 is 5.76. The predicted molar refractivity (Wildman–Crippen MR) is 112 cm³/mol. The van der Waals surface area contributed by atoms with Gasteiger partial charge in [0.25, 0.3) is 0 Å². The first-order valence-electron chi connectivity index (χ1n) is 10.6. The third-order valence-corrected chi connectivity index (χ3v) is 8.45. The first-order valence-corrected chi connectivity index (χ1v) is 10.6. The summed E-state index contributed by atoms with van der Waals surface area (Å²) in [6.07, 6.45) is 6.30. The summed E-state index contributed by atoms with van der Waals surface area (Å²) in [5.41, 5.74) is -0.525. The Bertz CT molecular complexity index is 955. The minimum atomic E-state index is -1.51. The van der Waals surface area contributed by atoms with Crippen LogP contribution in [-0.2, 0) is 19.1 Å². The molecule has 3 saturated carbocycles. The van der Waals surface area contributed by atoms with Crippen molar-refractivity contribution >= 4 is 17.5 Å². The molecule has 5 nitrogen and oxygen atoms in total. The van der Waals surface area contributed by atoms with E-state index in [1.54, 1.807) is 12.2 Å². The molecule has 0 spiro atoms. The maximum atomic E-state index is 13.0. The molecule has 160 valence electrons. The molecule has 0 aromatic carbocycles. The molecule has 0 saturated heterocycles. The molecule has 0 bridgehead atoms. The van der Waals surface area contributed by atoms with E-state index < -0.39 is 28.5 Å². The summed E-state index contributed by atoms with van der Waals surface area (Å²) in [7, 11) is 0. The Morgan fingerprint density at radius 1 is 1.23 bits per heavy atom. The van der Waals surface area contributed by atoms with Crippen LogP contribution in [0.4, 0.5) is 0 Å². The number of hydrogen-bond donors (Lipinski definition) is 1. The lowest BCUT2D eigenvalue weighted by molar-refractivity contribution is -0.190. The molecule has 3 fully saturated rings. The van der Waals surface area contributed by atoms with Gasteiger partial charge in [0.05, 0.1) is 6.10 Å². The highest BCUT2D eigenvalue weighted by Gasteiger charge is 2.72. The van der Waals surface area contributed by atoms with Crippen molar-refractivity contribution in [1.82, 2.24) is 0 Å². The molecule has 5 heteroatoms. The lowest BCUT2D eigenvalue weighted by Gasteiger charge is -2.59. The molecule has 0 aliphatic heterocycles. The van der Waals surface area contributed by atoms with Gasteiger partial charge in [-0.25, -0.2) is 0 Å². The number of aliphatic hydroxyl groups excluding tert-OH is 1. The highest BCUT2D eigenvalue weighted by molar-refractivity contribution is 6.01. The zero-order chi connectivity index (χ0) is 22.2. The summed E-state index contributed by atoms with van der Waals surface area (Å²) in [6.45, 7) is 15.2. The maximum absolute atomic E-state index is 13.0. The second-order valence-electron chi connectivity index (χ2n) is 9.92. The van der Waals surface area contributed by atoms with Gasteiger partial charge in [0.1, 0.15) is 0 Å². The van der Waals surface area contributed by atoms with Crippen molar-refractivity contribution in [3.63, 3.8) is 0 Å². The van der Waals surface area contributed by atoms with Crippen LogP contribution in [0, 0.1) is 28.6 Å². The average molecular weight is 411 g/mol. The van der Waals surface area contributed by atoms with Gasteiger partial charge in [-0.3, -0.25) is 14.4 Å². The molecule has 0 radical (unpaired) electrons. The fourth-order valence-electron chi connectivity index (χ4n) is 7.42. The summed E-state index contributed by atoms with van der Waals surface area (Å²) >= 11 is 0. The van der Waals surface area contributed by atoms with E-state index in [-0.39, 0.29) is 35.7 Å². The summed E-state index contributed by atoms with van der Waals surface area (Å²) in [5.74, 6) is -1.09. The van der Waals surface area contributed by atoms with Crippen LogP contribution >= 0.6 is 0 Å². The van der Waals surface area contributed by atoms with Crippen LogP contribution < -0.4 is 0 Å². The van der Waals surface area contributed by atoms with Crippen LogP contribution in [0.2, 0.25) is 0 Å². The smallest absolute Gasteiger partial charge is 0.303 e. The van der Waals surface area contributed by atoms with E-state index in [2.05, 4.69) is 20.1 Å². The van der Waals surface area contributed by atoms with E-state index in [9.17, 15) is 19.5 Å². The lowest BCUT2D eigenvalue weighted by atomic mass is 9.46. The Morgan fingerprint density at radius 3 is 2.50 bits per heavy atom. The molecule has 30 heavy (non-hydrogen) atoms. The molecule has 4 rings (SSSR count). The van der Waals surface area contributed by atoms with E-state index in [4.69, 9.17) is 4.74 Å². The number of ether oxygens (including phenoxy) is 1. The second kappa shape index (κ2) is 6.36. The average Bonchev–Trinajstić information content (AvgIpc) is 2.80. The first kappa shape index (κ1) is 21.0. The zero-order valence-electron chi connectivity index (χ0n) is 18.2. The number of fused-ring (bicyclic) bond motifs is 5. The van der Waals surface area contributed by atoms with Crippen LogP contribution in [0.15, 0.2) is 48.1 Å². The third kappa shape index (κ3) is 2.36. The number of rotatable bonds is 2. The van der Waals surface area contributed by atoms with E-state index in [1.165, 1.54) is 13.8 Å². The Balaban J connectivity index is 1.87. The van der Waals surface area contributed by atoms with Crippen molar-refractivity contribution in [3.05, 3.63) is 48.1 Å². The number of carbonyl (C=O) groups excluding carboxylic acids is 3. The van der Waals surface area contributed by atoms with E-state index in [0.29, 0.717) is 5.57 Å². The fourth-order valence-corrected chi connectivity index (χ4v) is 7.42. The molecule has 0 aromatic heterocycles. The van der Waals surface area contributed by atoms with Crippen LogP contribution in [0.3, 0.4) is 0 Å². The summed E-state index contributed by atoms with van der Waals surface area (Å²) in [4.78, 5) is 37.0. The zero-order valence-corrected chi connectivity index (χ0v) is 18.2. The second-order valence-corrected chi connectivity index (χ2v) is 9.92. The highest BCUT2D eigenvalue weighted by atomic mass is 16.6. The SMILES string of the molecule is C=C1C(=C)[C@](OC(C)=O)(C(C)=O)[C@@]2(C)CC(O)[C@H]3[C@@H](CCC4=CC(=O)C=C[C@@]43C)[C@H]12. The number of hydrogen-bond acceptors (Lipinski definition) is 5.